The summed E-state index contributed by atoms with van der Waals surface area (Å²) in [6.07, 6.45) is 5.28. The summed E-state index contributed by atoms with van der Waals surface area (Å²) >= 11 is 0. The van der Waals surface area contributed by atoms with Crippen molar-refractivity contribution in [2.45, 2.75) is 25.3 Å². The van der Waals surface area contributed by atoms with Crippen LogP contribution in [0.4, 0.5) is 5.69 Å². The molecule has 1 saturated carbocycles. The minimum Gasteiger partial charge on any atom is -0.481 e. The first-order valence-corrected chi connectivity index (χ1v) is 5.54. The SMILES string of the molecule is N#Cc1ccncc1N[C@H]1CC[C@@H](C(=O)O)C1. The number of nitrogens with one attached hydrogen (secondary N) is 1. The number of aromatic nitrogens is 1. The maximum Gasteiger partial charge on any atom is 0.306 e. The van der Waals surface area contributed by atoms with Crippen LogP contribution in [0.1, 0.15) is 24.8 Å². The lowest BCUT2D eigenvalue weighted by molar-refractivity contribution is -0.141. The van der Waals surface area contributed by atoms with Crippen molar-refractivity contribution in [2.75, 3.05) is 5.32 Å². The van der Waals surface area contributed by atoms with Crippen LogP contribution in [0.15, 0.2) is 18.5 Å². The Balaban J connectivity index is 2.03. The zero-order chi connectivity index (χ0) is 12.3. The lowest BCUT2D eigenvalue weighted by Gasteiger charge is -2.14. The summed E-state index contributed by atoms with van der Waals surface area (Å²) in [6.45, 7) is 0. The second-order valence-corrected chi connectivity index (χ2v) is 4.22. The number of carboxylic acids is 1. The minimum absolute atomic E-state index is 0.118. The Labute approximate surface area is 99.1 Å². The van der Waals surface area contributed by atoms with Crippen molar-refractivity contribution >= 4 is 11.7 Å². The van der Waals surface area contributed by atoms with E-state index in [4.69, 9.17) is 10.4 Å². The largest absolute Gasteiger partial charge is 0.481 e. The Morgan fingerprint density at radius 2 is 2.41 bits per heavy atom. The molecule has 88 valence electrons. The second kappa shape index (κ2) is 4.83. The van der Waals surface area contributed by atoms with Gasteiger partial charge in [-0.25, -0.2) is 0 Å². The van der Waals surface area contributed by atoms with E-state index in [1.807, 2.05) is 0 Å². The van der Waals surface area contributed by atoms with Crippen molar-refractivity contribution in [3.05, 3.63) is 24.0 Å². The quantitative estimate of drug-likeness (QED) is 0.825. The molecule has 2 rings (SSSR count). The summed E-state index contributed by atoms with van der Waals surface area (Å²) in [5, 5.41) is 21.0. The Hall–Kier alpha value is -2.09. The van der Waals surface area contributed by atoms with Gasteiger partial charge in [0.15, 0.2) is 0 Å². The third kappa shape index (κ3) is 2.53. The van der Waals surface area contributed by atoms with Crippen molar-refractivity contribution in [2.24, 2.45) is 5.92 Å². The average Bonchev–Trinajstić information content (AvgIpc) is 2.78. The number of nitrogens with zero attached hydrogens (tertiary/aromatic N) is 2. The van der Waals surface area contributed by atoms with Gasteiger partial charge in [-0.3, -0.25) is 9.78 Å². The molecule has 1 aliphatic rings. The summed E-state index contributed by atoms with van der Waals surface area (Å²) in [5.74, 6) is -1.00. The van der Waals surface area contributed by atoms with Gasteiger partial charge in [0.2, 0.25) is 0 Å². The Morgan fingerprint density at radius 3 is 3.06 bits per heavy atom. The molecule has 0 spiro atoms. The van der Waals surface area contributed by atoms with Crippen LogP contribution < -0.4 is 5.32 Å². The molecule has 0 unspecified atom stereocenters. The zero-order valence-electron chi connectivity index (χ0n) is 9.26. The maximum absolute atomic E-state index is 10.8. The molecule has 1 fully saturated rings. The molecule has 0 aliphatic heterocycles. The number of hydrogen-bond acceptors (Lipinski definition) is 4. The van der Waals surface area contributed by atoms with Gasteiger partial charge >= 0.3 is 5.97 Å². The van der Waals surface area contributed by atoms with Gasteiger partial charge in [0.05, 0.1) is 23.4 Å². The minimum atomic E-state index is -0.735. The van der Waals surface area contributed by atoms with Crippen molar-refractivity contribution in [1.29, 1.82) is 5.26 Å². The number of carbonyl (C=O) groups is 1. The Bertz CT molecular complexity index is 467. The smallest absolute Gasteiger partial charge is 0.306 e. The van der Waals surface area contributed by atoms with Gasteiger partial charge in [-0.15, -0.1) is 0 Å². The van der Waals surface area contributed by atoms with Gasteiger partial charge < -0.3 is 10.4 Å². The molecular weight excluding hydrogens is 218 g/mol. The fourth-order valence-electron chi connectivity index (χ4n) is 2.16. The summed E-state index contributed by atoms with van der Waals surface area (Å²) in [6, 6.07) is 3.85. The van der Waals surface area contributed by atoms with Gasteiger partial charge in [0.25, 0.3) is 0 Å². The molecule has 2 N–H and O–H groups in total. The van der Waals surface area contributed by atoms with Crippen molar-refractivity contribution < 1.29 is 9.90 Å². The molecule has 0 bridgehead atoms. The second-order valence-electron chi connectivity index (χ2n) is 4.22. The van der Waals surface area contributed by atoms with Crippen LogP contribution in [0, 0.1) is 17.2 Å². The van der Waals surface area contributed by atoms with E-state index < -0.39 is 5.97 Å². The molecule has 2 atom stereocenters. The predicted octanol–water partition coefficient (Wildman–Crippen LogP) is 1.62. The van der Waals surface area contributed by atoms with Crippen LogP contribution in [0.5, 0.6) is 0 Å². The van der Waals surface area contributed by atoms with Crippen molar-refractivity contribution in [3.63, 3.8) is 0 Å². The average molecular weight is 231 g/mol. The molecule has 0 saturated heterocycles. The van der Waals surface area contributed by atoms with Crippen molar-refractivity contribution in [1.82, 2.24) is 4.98 Å². The molecule has 0 radical (unpaired) electrons. The first-order valence-electron chi connectivity index (χ1n) is 5.54. The highest BCUT2D eigenvalue weighted by molar-refractivity contribution is 5.70. The molecule has 1 aromatic heterocycles. The number of hydrogen-bond donors (Lipinski definition) is 2. The van der Waals surface area contributed by atoms with E-state index in [2.05, 4.69) is 16.4 Å². The number of carboxylic acid groups (broad SMARTS) is 1. The number of aliphatic carboxylic acids is 1. The van der Waals surface area contributed by atoms with E-state index in [-0.39, 0.29) is 12.0 Å². The predicted molar refractivity (Wildman–Crippen MR) is 61.3 cm³/mol. The number of rotatable bonds is 3. The summed E-state index contributed by atoms with van der Waals surface area (Å²) in [7, 11) is 0. The molecule has 1 aromatic rings. The highest BCUT2D eigenvalue weighted by atomic mass is 16.4. The van der Waals surface area contributed by atoms with Gasteiger partial charge in [-0.05, 0) is 25.3 Å². The Kier molecular flexibility index (Phi) is 3.24. The molecule has 0 aromatic carbocycles. The van der Waals surface area contributed by atoms with Crippen LogP contribution in [0.3, 0.4) is 0 Å². The monoisotopic (exact) mass is 231 g/mol. The van der Waals surface area contributed by atoms with E-state index in [1.54, 1.807) is 18.5 Å². The molecular formula is C12H13N3O2. The van der Waals surface area contributed by atoms with E-state index in [9.17, 15) is 4.79 Å². The summed E-state index contributed by atoms with van der Waals surface area (Å²) in [5.41, 5.74) is 1.23. The number of nitriles is 1. The fraction of sp³-hybridized carbons (Fsp3) is 0.417. The molecule has 1 aliphatic carbocycles. The Morgan fingerprint density at radius 1 is 1.59 bits per heavy atom. The molecule has 17 heavy (non-hydrogen) atoms. The van der Waals surface area contributed by atoms with Crippen LogP contribution in [0.25, 0.3) is 0 Å². The normalized spacial score (nSPS) is 23.0. The third-order valence-electron chi connectivity index (χ3n) is 3.08. The molecule has 1 heterocycles. The lowest BCUT2D eigenvalue weighted by Crippen LogP contribution is -2.18. The highest BCUT2D eigenvalue weighted by Crippen LogP contribution is 2.28. The van der Waals surface area contributed by atoms with E-state index in [0.717, 1.165) is 6.42 Å². The van der Waals surface area contributed by atoms with E-state index in [1.165, 1.54) is 0 Å². The van der Waals surface area contributed by atoms with E-state index >= 15 is 0 Å². The molecule has 5 heteroatoms. The topological polar surface area (TPSA) is 86.0 Å². The maximum atomic E-state index is 10.8. The standard InChI is InChI=1S/C12H13N3O2/c13-6-9-3-4-14-7-11(9)15-10-2-1-8(5-10)12(16)17/h3-4,7-8,10,15H,1-2,5H2,(H,16,17)/t8-,10+/m1/s1. The van der Waals surface area contributed by atoms with Crippen LogP contribution >= 0.6 is 0 Å². The third-order valence-corrected chi connectivity index (χ3v) is 3.08. The van der Waals surface area contributed by atoms with Crippen LogP contribution in [0.2, 0.25) is 0 Å². The van der Waals surface area contributed by atoms with E-state index in [0.29, 0.717) is 24.1 Å². The molecule has 0 amide bonds. The summed E-state index contributed by atoms with van der Waals surface area (Å²) in [4.78, 5) is 14.8. The first kappa shape index (κ1) is 11.4. The lowest BCUT2D eigenvalue weighted by atomic mass is 10.1. The first-order chi connectivity index (χ1) is 8.20. The number of pyridine rings is 1. The zero-order valence-corrected chi connectivity index (χ0v) is 9.26. The molecule has 5 nitrogen and oxygen atoms in total. The fourth-order valence-corrected chi connectivity index (χ4v) is 2.16. The van der Waals surface area contributed by atoms with Crippen molar-refractivity contribution in [3.8, 4) is 6.07 Å². The van der Waals surface area contributed by atoms with Gasteiger partial charge in [0.1, 0.15) is 6.07 Å². The number of anilines is 1. The van der Waals surface area contributed by atoms with Gasteiger partial charge in [-0.2, -0.15) is 5.26 Å². The van der Waals surface area contributed by atoms with Gasteiger partial charge in [-0.1, -0.05) is 0 Å². The summed E-state index contributed by atoms with van der Waals surface area (Å²) < 4.78 is 0. The van der Waals surface area contributed by atoms with Crippen LogP contribution in [-0.4, -0.2) is 22.1 Å². The van der Waals surface area contributed by atoms with Gasteiger partial charge in [0, 0.05) is 12.2 Å². The van der Waals surface area contributed by atoms with Crippen LogP contribution in [-0.2, 0) is 4.79 Å². The highest BCUT2D eigenvalue weighted by Gasteiger charge is 2.29.